The summed E-state index contributed by atoms with van der Waals surface area (Å²) in [6, 6.07) is 0. The zero-order valence-corrected chi connectivity index (χ0v) is 9.67. The van der Waals surface area contributed by atoms with Crippen LogP contribution in [0, 0.1) is 0 Å². The van der Waals surface area contributed by atoms with E-state index in [-0.39, 0.29) is 5.56 Å². The van der Waals surface area contributed by atoms with Crippen molar-refractivity contribution >= 4 is 0 Å². The van der Waals surface area contributed by atoms with Gasteiger partial charge in [0.15, 0.2) is 0 Å². The maximum absolute atomic E-state index is 11.6. The molecule has 0 saturated heterocycles. The molecule has 0 aliphatic heterocycles. The normalized spacial score (nSPS) is 10.7. The van der Waals surface area contributed by atoms with Gasteiger partial charge in [-0.2, -0.15) is 5.10 Å². The number of aromatic nitrogens is 5. The third-order valence-corrected chi connectivity index (χ3v) is 2.58. The molecule has 2 aromatic rings. The van der Waals surface area contributed by atoms with E-state index in [1.807, 2.05) is 6.92 Å². The molecule has 7 heteroatoms. The maximum atomic E-state index is 11.6. The summed E-state index contributed by atoms with van der Waals surface area (Å²) in [5.74, 6) is 0.654. The molecule has 2 rings (SSSR count). The number of aryl methyl sites for hydroxylation is 2. The first-order valence-corrected chi connectivity index (χ1v) is 5.27. The Balaban J connectivity index is 2.43. The molecule has 2 aromatic heterocycles. The Morgan fingerprint density at radius 1 is 1.41 bits per heavy atom. The summed E-state index contributed by atoms with van der Waals surface area (Å²) >= 11 is 0. The van der Waals surface area contributed by atoms with Gasteiger partial charge in [0.2, 0.25) is 0 Å². The maximum Gasteiger partial charge on any atom is 0.328 e. The molecule has 0 spiro atoms. The van der Waals surface area contributed by atoms with E-state index in [0.29, 0.717) is 24.4 Å². The van der Waals surface area contributed by atoms with Gasteiger partial charge in [0, 0.05) is 18.8 Å². The number of H-pyrrole nitrogens is 1. The predicted octanol–water partition coefficient (Wildman–Crippen LogP) is -0.724. The molecule has 0 aromatic carbocycles. The van der Waals surface area contributed by atoms with Crippen LogP contribution >= 0.6 is 0 Å². The summed E-state index contributed by atoms with van der Waals surface area (Å²) in [6.45, 7) is 2.15. The second kappa shape index (κ2) is 4.36. The van der Waals surface area contributed by atoms with Crippen molar-refractivity contribution in [3.63, 3.8) is 0 Å². The van der Waals surface area contributed by atoms with Gasteiger partial charge in [-0.15, -0.1) is 0 Å². The lowest BCUT2D eigenvalue weighted by atomic mass is 10.2. The fourth-order valence-corrected chi connectivity index (χ4v) is 1.54. The van der Waals surface area contributed by atoms with Crippen LogP contribution in [0.5, 0.6) is 0 Å². The van der Waals surface area contributed by atoms with Gasteiger partial charge in [0.05, 0.1) is 6.54 Å². The summed E-state index contributed by atoms with van der Waals surface area (Å²) in [5.41, 5.74) is -0.186. The number of rotatable bonds is 3. The number of hydrogen-bond donors (Lipinski definition) is 1. The monoisotopic (exact) mass is 235 g/mol. The smallest absolute Gasteiger partial charge is 0.293 e. The van der Waals surface area contributed by atoms with Crippen LogP contribution in [0.4, 0.5) is 0 Å². The Kier molecular flexibility index (Phi) is 2.90. The highest BCUT2D eigenvalue weighted by molar-refractivity contribution is 5.04. The second-order valence-electron chi connectivity index (χ2n) is 3.69. The third-order valence-electron chi connectivity index (χ3n) is 2.58. The van der Waals surface area contributed by atoms with Gasteiger partial charge in [0.1, 0.15) is 12.2 Å². The molecule has 1 N–H and O–H groups in total. The first-order valence-electron chi connectivity index (χ1n) is 5.27. The van der Waals surface area contributed by atoms with E-state index >= 15 is 0 Å². The van der Waals surface area contributed by atoms with Crippen LogP contribution in [0.15, 0.2) is 22.1 Å². The minimum absolute atomic E-state index is 0.291. The Morgan fingerprint density at radius 3 is 2.76 bits per heavy atom. The Bertz CT molecular complexity index is 637. The molecule has 0 aliphatic carbocycles. The van der Waals surface area contributed by atoms with Crippen LogP contribution in [0.3, 0.4) is 0 Å². The highest BCUT2D eigenvalue weighted by atomic mass is 16.2. The molecule has 2 heterocycles. The summed E-state index contributed by atoms with van der Waals surface area (Å²) in [6.07, 6.45) is 3.57. The lowest BCUT2D eigenvalue weighted by Crippen LogP contribution is -2.32. The van der Waals surface area contributed by atoms with Gasteiger partial charge < -0.3 is 0 Å². The summed E-state index contributed by atoms with van der Waals surface area (Å²) in [7, 11) is 1.75. The number of aromatic amines is 1. The van der Waals surface area contributed by atoms with Gasteiger partial charge in [-0.3, -0.25) is 19.0 Å². The van der Waals surface area contributed by atoms with E-state index in [2.05, 4.69) is 15.1 Å². The van der Waals surface area contributed by atoms with E-state index in [1.54, 1.807) is 17.9 Å². The summed E-state index contributed by atoms with van der Waals surface area (Å²) in [4.78, 5) is 29.3. The van der Waals surface area contributed by atoms with E-state index in [9.17, 15) is 9.59 Å². The Labute approximate surface area is 96.7 Å². The van der Waals surface area contributed by atoms with E-state index in [1.165, 1.54) is 10.9 Å². The molecule has 0 bridgehead atoms. The average Bonchev–Trinajstić information content (AvgIpc) is 2.68. The zero-order chi connectivity index (χ0) is 12.4. The van der Waals surface area contributed by atoms with Crippen LogP contribution in [0.2, 0.25) is 0 Å². The lowest BCUT2D eigenvalue weighted by molar-refractivity contribution is 0.623. The van der Waals surface area contributed by atoms with Crippen LogP contribution < -0.4 is 11.2 Å². The Morgan fingerprint density at radius 2 is 2.18 bits per heavy atom. The van der Waals surface area contributed by atoms with Crippen molar-refractivity contribution in [3.8, 4) is 0 Å². The van der Waals surface area contributed by atoms with Gasteiger partial charge in [-0.1, -0.05) is 6.92 Å². The van der Waals surface area contributed by atoms with Crippen LogP contribution in [0.1, 0.15) is 18.3 Å². The standard InChI is InChI=1S/C10H13N5O2/c1-3-7-4-15(10(17)13-9(7)16)5-8-11-6-12-14(8)2/h4,6H,3,5H2,1-2H3,(H,13,16,17). The van der Waals surface area contributed by atoms with E-state index in [4.69, 9.17) is 0 Å². The first-order chi connectivity index (χ1) is 8.11. The van der Waals surface area contributed by atoms with Crippen molar-refractivity contribution in [1.29, 1.82) is 0 Å². The SMILES string of the molecule is CCc1cn(Cc2ncnn2C)c(=O)[nH]c1=O. The molecule has 0 fully saturated rings. The van der Waals surface area contributed by atoms with E-state index < -0.39 is 5.69 Å². The molecule has 0 saturated carbocycles. The molecular weight excluding hydrogens is 222 g/mol. The third kappa shape index (κ3) is 2.17. The second-order valence-corrected chi connectivity index (χ2v) is 3.69. The highest BCUT2D eigenvalue weighted by Gasteiger charge is 2.06. The Hall–Kier alpha value is -2.18. The van der Waals surface area contributed by atoms with Gasteiger partial charge in [-0.25, -0.2) is 9.78 Å². The van der Waals surface area contributed by atoms with Crippen LogP contribution in [0.25, 0.3) is 0 Å². The van der Waals surface area contributed by atoms with Crippen molar-refractivity contribution < 1.29 is 0 Å². The first kappa shape index (κ1) is 11.3. The minimum atomic E-state index is -0.435. The molecule has 0 atom stereocenters. The summed E-state index contributed by atoms with van der Waals surface area (Å²) < 4.78 is 3.01. The minimum Gasteiger partial charge on any atom is -0.293 e. The topological polar surface area (TPSA) is 85.6 Å². The van der Waals surface area contributed by atoms with Crippen molar-refractivity contribution in [2.75, 3.05) is 0 Å². The van der Waals surface area contributed by atoms with Crippen molar-refractivity contribution in [3.05, 3.63) is 44.8 Å². The molecule has 90 valence electrons. The zero-order valence-electron chi connectivity index (χ0n) is 9.67. The molecule has 17 heavy (non-hydrogen) atoms. The molecule has 0 unspecified atom stereocenters. The number of nitrogens with zero attached hydrogens (tertiary/aromatic N) is 4. The predicted molar refractivity (Wildman–Crippen MR) is 60.8 cm³/mol. The van der Waals surface area contributed by atoms with Gasteiger partial charge in [0.25, 0.3) is 5.56 Å². The van der Waals surface area contributed by atoms with Gasteiger partial charge in [-0.05, 0) is 6.42 Å². The number of hydrogen-bond acceptors (Lipinski definition) is 4. The summed E-state index contributed by atoms with van der Waals surface area (Å²) in [5, 5.41) is 3.92. The highest BCUT2D eigenvalue weighted by Crippen LogP contribution is 1.95. The average molecular weight is 235 g/mol. The van der Waals surface area contributed by atoms with Crippen LogP contribution in [-0.4, -0.2) is 24.3 Å². The quantitative estimate of drug-likeness (QED) is 0.760. The lowest BCUT2D eigenvalue weighted by Gasteiger charge is -2.05. The largest absolute Gasteiger partial charge is 0.328 e. The fraction of sp³-hybridized carbons (Fsp3) is 0.400. The molecule has 7 nitrogen and oxygen atoms in total. The van der Waals surface area contributed by atoms with Crippen LogP contribution in [-0.2, 0) is 20.0 Å². The van der Waals surface area contributed by atoms with Crippen molar-refractivity contribution in [2.45, 2.75) is 19.9 Å². The molecule has 0 radical (unpaired) electrons. The van der Waals surface area contributed by atoms with Crippen molar-refractivity contribution in [2.24, 2.45) is 7.05 Å². The van der Waals surface area contributed by atoms with Crippen molar-refractivity contribution in [1.82, 2.24) is 24.3 Å². The molecule has 0 aliphatic rings. The molecular formula is C10H13N5O2. The van der Waals surface area contributed by atoms with E-state index in [0.717, 1.165) is 0 Å². The van der Waals surface area contributed by atoms with Gasteiger partial charge >= 0.3 is 5.69 Å². The molecule has 0 amide bonds. The fourth-order valence-electron chi connectivity index (χ4n) is 1.54. The number of nitrogens with one attached hydrogen (secondary N) is 1.